The number of hydrogen-bond donors (Lipinski definition) is 0. The van der Waals surface area contributed by atoms with Gasteiger partial charge in [-0.3, -0.25) is 0 Å². The summed E-state index contributed by atoms with van der Waals surface area (Å²) < 4.78 is 6.77. The van der Waals surface area contributed by atoms with E-state index < -0.39 is 0 Å². The average molecular weight is 320 g/mol. The van der Waals surface area contributed by atoms with Crippen LogP contribution in [0.1, 0.15) is 27.2 Å². The Morgan fingerprint density at radius 2 is 2.06 bits per heavy atom. The molecule has 0 radical (unpaired) electrons. The van der Waals surface area contributed by atoms with E-state index in [0.717, 1.165) is 16.6 Å². The Kier molecular flexibility index (Phi) is 5.81. The third kappa shape index (κ3) is 5.31. The molecule has 0 N–H and O–H groups in total. The van der Waals surface area contributed by atoms with Crippen LogP contribution in [-0.2, 0) is 0 Å². The predicted octanol–water partition coefficient (Wildman–Crippen LogP) is 5.12. The summed E-state index contributed by atoms with van der Waals surface area (Å²) in [6.45, 7) is 7.38. The highest BCUT2D eigenvalue weighted by Crippen LogP contribution is 2.30. The van der Waals surface area contributed by atoms with Crippen LogP contribution >= 0.6 is 27.5 Å². The van der Waals surface area contributed by atoms with Crippen molar-refractivity contribution in [3.63, 3.8) is 0 Å². The molecule has 0 saturated heterocycles. The summed E-state index contributed by atoms with van der Waals surface area (Å²) in [5.41, 5.74) is 0.238. The van der Waals surface area contributed by atoms with Crippen LogP contribution in [0.4, 0.5) is 0 Å². The molecule has 3 heteroatoms. The Bertz CT molecular complexity index is 346. The van der Waals surface area contributed by atoms with E-state index in [1.165, 1.54) is 0 Å². The minimum atomic E-state index is 0.238. The summed E-state index contributed by atoms with van der Waals surface area (Å²) in [5.74, 6) is 2.07. The van der Waals surface area contributed by atoms with Crippen molar-refractivity contribution in [3.05, 3.63) is 28.7 Å². The lowest BCUT2D eigenvalue weighted by atomic mass is 9.80. The summed E-state index contributed by atoms with van der Waals surface area (Å²) in [7, 11) is 0. The molecule has 0 heterocycles. The maximum absolute atomic E-state index is 6.00. The zero-order chi connectivity index (χ0) is 12.9. The largest absolute Gasteiger partial charge is 0.494 e. The fraction of sp³-hybridized carbons (Fsp3) is 0.571. The van der Waals surface area contributed by atoms with Crippen molar-refractivity contribution >= 4 is 27.5 Å². The highest BCUT2D eigenvalue weighted by atomic mass is 79.9. The van der Waals surface area contributed by atoms with E-state index in [4.69, 9.17) is 16.3 Å². The molecule has 17 heavy (non-hydrogen) atoms. The molecular formula is C14H20BrClO. The quantitative estimate of drug-likeness (QED) is 0.684. The van der Waals surface area contributed by atoms with Crippen molar-refractivity contribution < 1.29 is 4.74 Å². The first-order valence-electron chi connectivity index (χ1n) is 5.88. The van der Waals surface area contributed by atoms with Crippen LogP contribution in [0.15, 0.2) is 28.7 Å². The second-order valence-corrected chi connectivity index (χ2v) is 6.54. The fourth-order valence-corrected chi connectivity index (χ4v) is 2.61. The third-order valence-electron chi connectivity index (χ3n) is 2.94. The Morgan fingerprint density at radius 1 is 1.35 bits per heavy atom. The van der Waals surface area contributed by atoms with Gasteiger partial charge in [0.25, 0.3) is 0 Å². The van der Waals surface area contributed by atoms with Crippen molar-refractivity contribution in [2.45, 2.75) is 27.2 Å². The fourth-order valence-electron chi connectivity index (χ4n) is 1.62. The zero-order valence-corrected chi connectivity index (χ0v) is 13.0. The molecule has 0 bridgehead atoms. The summed E-state index contributed by atoms with van der Waals surface area (Å²) in [6, 6.07) is 7.91. The van der Waals surface area contributed by atoms with Crippen LogP contribution in [0.25, 0.3) is 0 Å². The van der Waals surface area contributed by atoms with E-state index in [1.54, 1.807) is 0 Å². The smallest absolute Gasteiger partial charge is 0.120 e. The Balaban J connectivity index is 2.42. The van der Waals surface area contributed by atoms with Gasteiger partial charge in [-0.2, -0.15) is 0 Å². The van der Waals surface area contributed by atoms with Crippen LogP contribution in [0.3, 0.4) is 0 Å². The summed E-state index contributed by atoms with van der Waals surface area (Å²) >= 11 is 9.42. The normalized spacial score (nSPS) is 13.5. The minimum absolute atomic E-state index is 0.238. The van der Waals surface area contributed by atoms with Crippen molar-refractivity contribution in [2.24, 2.45) is 11.3 Å². The molecule has 0 saturated carbocycles. The zero-order valence-electron chi connectivity index (χ0n) is 10.7. The van der Waals surface area contributed by atoms with Crippen LogP contribution in [0.2, 0.25) is 0 Å². The molecule has 1 aromatic carbocycles. The lowest BCUT2D eigenvalue weighted by Crippen LogP contribution is -2.24. The van der Waals surface area contributed by atoms with Gasteiger partial charge < -0.3 is 4.74 Å². The van der Waals surface area contributed by atoms with Crippen molar-refractivity contribution in [1.29, 1.82) is 0 Å². The van der Waals surface area contributed by atoms with E-state index in [2.05, 4.69) is 36.7 Å². The van der Waals surface area contributed by atoms with Crippen LogP contribution in [0.5, 0.6) is 5.75 Å². The SMILES string of the molecule is CC(C)(C)C(CCl)CCOc1cccc(Br)c1. The molecule has 1 atom stereocenters. The topological polar surface area (TPSA) is 9.23 Å². The Labute approximate surface area is 118 Å². The Hall–Kier alpha value is -0.210. The minimum Gasteiger partial charge on any atom is -0.494 e. The molecule has 0 aliphatic rings. The van der Waals surface area contributed by atoms with Crippen molar-refractivity contribution in [3.8, 4) is 5.75 Å². The number of alkyl halides is 1. The van der Waals surface area contributed by atoms with E-state index in [1.807, 2.05) is 24.3 Å². The molecule has 96 valence electrons. The standard InChI is InChI=1S/C14H20BrClO/c1-14(2,3)11(10-16)7-8-17-13-6-4-5-12(15)9-13/h4-6,9,11H,7-8,10H2,1-3H3. The van der Waals surface area contributed by atoms with Gasteiger partial charge in [-0.05, 0) is 36.0 Å². The summed E-state index contributed by atoms with van der Waals surface area (Å²) in [5, 5.41) is 0. The molecule has 0 aromatic heterocycles. The summed E-state index contributed by atoms with van der Waals surface area (Å²) in [6.07, 6.45) is 0.986. The molecule has 0 aliphatic carbocycles. The monoisotopic (exact) mass is 318 g/mol. The van der Waals surface area contributed by atoms with Crippen LogP contribution in [-0.4, -0.2) is 12.5 Å². The number of halogens is 2. The molecule has 1 rings (SSSR count). The van der Waals surface area contributed by atoms with Gasteiger partial charge in [-0.1, -0.05) is 42.8 Å². The van der Waals surface area contributed by atoms with Crippen LogP contribution < -0.4 is 4.74 Å². The first kappa shape index (κ1) is 14.8. The Morgan fingerprint density at radius 3 is 2.59 bits per heavy atom. The van der Waals surface area contributed by atoms with E-state index in [-0.39, 0.29) is 5.41 Å². The molecule has 1 unspecified atom stereocenters. The number of hydrogen-bond acceptors (Lipinski definition) is 1. The van der Waals surface area contributed by atoms with Gasteiger partial charge in [0.05, 0.1) is 6.61 Å². The summed E-state index contributed by atoms with van der Waals surface area (Å²) in [4.78, 5) is 0. The highest BCUT2D eigenvalue weighted by molar-refractivity contribution is 9.10. The maximum atomic E-state index is 6.00. The van der Waals surface area contributed by atoms with Gasteiger partial charge in [0, 0.05) is 10.4 Å². The first-order chi connectivity index (χ1) is 7.93. The molecule has 0 spiro atoms. The van der Waals surface area contributed by atoms with Gasteiger partial charge in [-0.25, -0.2) is 0 Å². The van der Waals surface area contributed by atoms with Gasteiger partial charge in [0.15, 0.2) is 0 Å². The molecule has 0 aliphatic heterocycles. The predicted molar refractivity (Wildman–Crippen MR) is 77.9 cm³/mol. The van der Waals surface area contributed by atoms with E-state index >= 15 is 0 Å². The van der Waals surface area contributed by atoms with Crippen LogP contribution in [0, 0.1) is 11.3 Å². The third-order valence-corrected chi connectivity index (χ3v) is 3.81. The second kappa shape index (κ2) is 6.65. The molecular weight excluding hydrogens is 300 g/mol. The second-order valence-electron chi connectivity index (χ2n) is 5.31. The van der Waals surface area contributed by atoms with Crippen molar-refractivity contribution in [1.82, 2.24) is 0 Å². The highest BCUT2D eigenvalue weighted by Gasteiger charge is 2.23. The maximum Gasteiger partial charge on any atom is 0.120 e. The van der Waals surface area contributed by atoms with Gasteiger partial charge in [-0.15, -0.1) is 11.6 Å². The molecule has 1 aromatic rings. The number of ether oxygens (including phenoxy) is 1. The lowest BCUT2D eigenvalue weighted by molar-refractivity contribution is 0.201. The number of rotatable bonds is 5. The van der Waals surface area contributed by atoms with E-state index in [0.29, 0.717) is 18.4 Å². The van der Waals surface area contributed by atoms with Gasteiger partial charge in [0.2, 0.25) is 0 Å². The van der Waals surface area contributed by atoms with E-state index in [9.17, 15) is 0 Å². The van der Waals surface area contributed by atoms with Crippen molar-refractivity contribution in [2.75, 3.05) is 12.5 Å². The molecule has 0 amide bonds. The number of benzene rings is 1. The van der Waals surface area contributed by atoms with Gasteiger partial charge >= 0.3 is 0 Å². The van der Waals surface area contributed by atoms with Gasteiger partial charge in [0.1, 0.15) is 5.75 Å². The average Bonchev–Trinajstić information content (AvgIpc) is 2.22. The molecule has 1 nitrogen and oxygen atoms in total. The lowest BCUT2D eigenvalue weighted by Gasteiger charge is -2.28. The first-order valence-corrected chi connectivity index (χ1v) is 7.20. The molecule has 0 fully saturated rings.